The zero-order valence-electron chi connectivity index (χ0n) is 15.4. The molecule has 3 rings (SSSR count). The normalized spacial score (nSPS) is 18.6. The minimum absolute atomic E-state index is 0.0401. The van der Waals surface area contributed by atoms with Gasteiger partial charge in [-0.15, -0.1) is 0 Å². The summed E-state index contributed by atoms with van der Waals surface area (Å²) in [7, 11) is 0. The van der Waals surface area contributed by atoms with Gasteiger partial charge in [-0.05, 0) is 30.5 Å². The van der Waals surface area contributed by atoms with Gasteiger partial charge in [0.15, 0.2) is 0 Å². The summed E-state index contributed by atoms with van der Waals surface area (Å²) < 4.78 is 0. The Kier molecular flexibility index (Phi) is 7.03. The fourth-order valence-electron chi connectivity index (χ4n) is 3.66. The predicted octanol–water partition coefficient (Wildman–Crippen LogP) is 1.13. The maximum atomic E-state index is 12.2. The second kappa shape index (κ2) is 9.69. The number of hydrogen-bond donors (Lipinski definition) is 3. The first-order chi connectivity index (χ1) is 12.7. The van der Waals surface area contributed by atoms with E-state index in [4.69, 9.17) is 0 Å². The molecule has 0 bridgehead atoms. The molecule has 1 aromatic rings. The summed E-state index contributed by atoms with van der Waals surface area (Å²) in [5.41, 5.74) is 1.69. The van der Waals surface area contributed by atoms with E-state index in [2.05, 4.69) is 20.9 Å². The Hall–Kier alpha value is -1.92. The number of benzene rings is 1. The van der Waals surface area contributed by atoms with Crippen molar-refractivity contribution in [2.75, 3.05) is 39.3 Å². The number of carbonyl (C=O) groups excluding carboxylic acids is 2. The third-order valence-corrected chi connectivity index (χ3v) is 5.33. The van der Waals surface area contributed by atoms with Crippen molar-refractivity contribution < 1.29 is 9.59 Å². The van der Waals surface area contributed by atoms with Gasteiger partial charge in [0.2, 0.25) is 5.91 Å². The Morgan fingerprint density at radius 1 is 1.04 bits per heavy atom. The largest absolute Gasteiger partial charge is 0.352 e. The molecule has 1 aromatic carbocycles. The second-order valence-electron chi connectivity index (χ2n) is 7.24. The highest BCUT2D eigenvalue weighted by atomic mass is 16.2. The lowest BCUT2D eigenvalue weighted by Crippen LogP contribution is -2.46. The summed E-state index contributed by atoms with van der Waals surface area (Å²) in [6, 6.07) is 7.49. The van der Waals surface area contributed by atoms with Crippen LogP contribution in [0.25, 0.3) is 0 Å². The van der Waals surface area contributed by atoms with Gasteiger partial charge in [0.05, 0.1) is 0 Å². The molecule has 1 aliphatic carbocycles. The van der Waals surface area contributed by atoms with Crippen molar-refractivity contribution >= 4 is 11.8 Å². The highest BCUT2D eigenvalue weighted by Crippen LogP contribution is 2.24. The first-order valence-electron chi connectivity index (χ1n) is 9.80. The molecule has 26 heavy (non-hydrogen) atoms. The van der Waals surface area contributed by atoms with Crippen LogP contribution < -0.4 is 16.0 Å². The molecule has 1 saturated heterocycles. The van der Waals surface area contributed by atoms with Crippen molar-refractivity contribution in [1.82, 2.24) is 20.9 Å². The van der Waals surface area contributed by atoms with Gasteiger partial charge in [-0.2, -0.15) is 0 Å². The van der Waals surface area contributed by atoms with Gasteiger partial charge in [0.1, 0.15) is 0 Å². The lowest BCUT2D eigenvalue weighted by Gasteiger charge is -2.27. The minimum Gasteiger partial charge on any atom is -0.352 e. The molecule has 0 atom stereocenters. The standard InChI is InChI=1S/C20H30N4O2/c25-19(22-11-14-24-12-9-21-10-13-24)18-7-5-16(6-8-18)15-23-20(26)17-3-1-2-4-17/h5-8,17,21H,1-4,9-15H2,(H,22,25)(H,23,26). The van der Waals surface area contributed by atoms with Gasteiger partial charge in [-0.25, -0.2) is 0 Å². The smallest absolute Gasteiger partial charge is 0.251 e. The fraction of sp³-hybridized carbons (Fsp3) is 0.600. The predicted molar refractivity (Wildman–Crippen MR) is 102 cm³/mol. The summed E-state index contributed by atoms with van der Waals surface area (Å²) >= 11 is 0. The molecule has 0 unspecified atom stereocenters. The molecule has 1 aliphatic heterocycles. The maximum absolute atomic E-state index is 12.2. The topological polar surface area (TPSA) is 73.5 Å². The molecule has 0 radical (unpaired) electrons. The van der Waals surface area contributed by atoms with E-state index in [1.807, 2.05) is 24.3 Å². The van der Waals surface area contributed by atoms with Crippen LogP contribution in [-0.2, 0) is 11.3 Å². The van der Waals surface area contributed by atoms with Crippen LogP contribution in [0.5, 0.6) is 0 Å². The van der Waals surface area contributed by atoms with Gasteiger partial charge in [0, 0.05) is 57.3 Å². The lowest BCUT2D eigenvalue weighted by atomic mass is 10.1. The Morgan fingerprint density at radius 3 is 2.42 bits per heavy atom. The van der Waals surface area contributed by atoms with E-state index in [-0.39, 0.29) is 17.7 Å². The molecule has 2 amide bonds. The summed E-state index contributed by atoms with van der Waals surface area (Å²) in [4.78, 5) is 26.6. The molecular weight excluding hydrogens is 328 g/mol. The molecule has 1 saturated carbocycles. The van der Waals surface area contributed by atoms with E-state index in [9.17, 15) is 9.59 Å². The summed E-state index contributed by atoms with van der Waals surface area (Å²) in [6.07, 6.45) is 4.35. The van der Waals surface area contributed by atoms with Crippen LogP contribution in [-0.4, -0.2) is 56.0 Å². The molecule has 2 fully saturated rings. The van der Waals surface area contributed by atoms with E-state index in [0.717, 1.165) is 64.0 Å². The van der Waals surface area contributed by atoms with E-state index >= 15 is 0 Å². The molecule has 0 aromatic heterocycles. The highest BCUT2D eigenvalue weighted by molar-refractivity contribution is 5.94. The molecule has 0 spiro atoms. The van der Waals surface area contributed by atoms with Gasteiger partial charge >= 0.3 is 0 Å². The van der Waals surface area contributed by atoms with Crippen molar-refractivity contribution in [3.05, 3.63) is 35.4 Å². The average molecular weight is 358 g/mol. The molecule has 1 heterocycles. The minimum atomic E-state index is -0.0401. The Bertz CT molecular complexity index is 590. The van der Waals surface area contributed by atoms with Crippen LogP contribution in [0.4, 0.5) is 0 Å². The fourth-order valence-corrected chi connectivity index (χ4v) is 3.66. The quantitative estimate of drug-likeness (QED) is 0.683. The number of carbonyl (C=O) groups is 2. The van der Waals surface area contributed by atoms with Crippen LogP contribution >= 0.6 is 0 Å². The van der Waals surface area contributed by atoms with Gasteiger partial charge in [0.25, 0.3) is 5.91 Å². The molecule has 6 nitrogen and oxygen atoms in total. The number of nitrogens with one attached hydrogen (secondary N) is 3. The van der Waals surface area contributed by atoms with Crippen LogP contribution in [0.15, 0.2) is 24.3 Å². The van der Waals surface area contributed by atoms with Crippen LogP contribution in [0.1, 0.15) is 41.6 Å². The Labute approximate surface area is 155 Å². The molecule has 142 valence electrons. The summed E-state index contributed by atoms with van der Waals surface area (Å²) in [5, 5.41) is 9.32. The Morgan fingerprint density at radius 2 is 1.73 bits per heavy atom. The van der Waals surface area contributed by atoms with E-state index in [0.29, 0.717) is 18.7 Å². The zero-order valence-corrected chi connectivity index (χ0v) is 15.4. The van der Waals surface area contributed by atoms with Crippen molar-refractivity contribution in [2.45, 2.75) is 32.2 Å². The monoisotopic (exact) mass is 358 g/mol. The van der Waals surface area contributed by atoms with Gasteiger partial charge in [-0.3, -0.25) is 14.5 Å². The molecular formula is C20H30N4O2. The highest BCUT2D eigenvalue weighted by Gasteiger charge is 2.22. The SMILES string of the molecule is O=C(NCCN1CCNCC1)c1ccc(CNC(=O)C2CCCC2)cc1. The lowest BCUT2D eigenvalue weighted by molar-refractivity contribution is -0.124. The van der Waals surface area contributed by atoms with Crippen LogP contribution in [0.3, 0.4) is 0 Å². The van der Waals surface area contributed by atoms with Crippen molar-refractivity contribution in [3.8, 4) is 0 Å². The van der Waals surface area contributed by atoms with E-state index in [1.165, 1.54) is 0 Å². The van der Waals surface area contributed by atoms with E-state index in [1.54, 1.807) is 0 Å². The van der Waals surface area contributed by atoms with Crippen LogP contribution in [0.2, 0.25) is 0 Å². The first kappa shape index (κ1) is 18.9. The van der Waals surface area contributed by atoms with Crippen molar-refractivity contribution in [1.29, 1.82) is 0 Å². The number of amides is 2. The molecule has 6 heteroatoms. The van der Waals surface area contributed by atoms with Crippen LogP contribution in [0, 0.1) is 5.92 Å². The molecule has 2 aliphatic rings. The van der Waals surface area contributed by atoms with Crippen molar-refractivity contribution in [2.24, 2.45) is 5.92 Å². The third kappa shape index (κ3) is 5.54. The van der Waals surface area contributed by atoms with Gasteiger partial charge in [-0.1, -0.05) is 25.0 Å². The van der Waals surface area contributed by atoms with Crippen molar-refractivity contribution in [3.63, 3.8) is 0 Å². The summed E-state index contributed by atoms with van der Waals surface area (Å²) in [6.45, 7) is 6.20. The third-order valence-electron chi connectivity index (χ3n) is 5.33. The maximum Gasteiger partial charge on any atom is 0.251 e. The Balaban J connectivity index is 1.38. The zero-order chi connectivity index (χ0) is 18.2. The van der Waals surface area contributed by atoms with E-state index < -0.39 is 0 Å². The number of nitrogens with zero attached hydrogens (tertiary/aromatic N) is 1. The summed E-state index contributed by atoms with van der Waals surface area (Å²) in [5.74, 6) is 0.314. The number of hydrogen-bond acceptors (Lipinski definition) is 4. The number of rotatable bonds is 7. The number of piperazine rings is 1. The molecule has 3 N–H and O–H groups in total. The average Bonchev–Trinajstić information content (AvgIpc) is 3.22. The van der Waals surface area contributed by atoms with Gasteiger partial charge < -0.3 is 16.0 Å². The second-order valence-corrected chi connectivity index (χ2v) is 7.24. The first-order valence-corrected chi connectivity index (χ1v) is 9.80.